The Kier molecular flexibility index (Phi) is 37.0. The van der Waals surface area contributed by atoms with Crippen molar-refractivity contribution in [2.75, 3.05) is 14.2 Å². The van der Waals surface area contributed by atoms with Crippen molar-refractivity contribution >= 4 is 11.9 Å². The lowest BCUT2D eigenvalue weighted by Crippen LogP contribution is -1.99. The second kappa shape index (κ2) is 35.9. The fourth-order valence-corrected chi connectivity index (χ4v) is 4.78. The van der Waals surface area contributed by atoms with Crippen molar-refractivity contribution in [2.24, 2.45) is 0 Å². The average molecular weight is 541 g/mol. The van der Waals surface area contributed by atoms with E-state index in [4.69, 9.17) is 0 Å². The van der Waals surface area contributed by atoms with Crippen LogP contribution in [0, 0.1) is 0 Å². The third-order valence-electron chi connectivity index (χ3n) is 7.42. The van der Waals surface area contributed by atoms with E-state index in [2.05, 4.69) is 23.3 Å². The standard InChI is InChI=1S/2C17H34O2/c2*1-3-4-5-6-7-8-9-10-11-12-13-14-15-16-17(18)19-2/h2*3-16H2,1-2H3. The summed E-state index contributed by atoms with van der Waals surface area (Å²) in [5, 5.41) is 0. The van der Waals surface area contributed by atoms with E-state index in [1.165, 1.54) is 168 Å². The van der Waals surface area contributed by atoms with Crippen molar-refractivity contribution < 1.29 is 19.1 Å². The lowest BCUT2D eigenvalue weighted by Gasteiger charge is -2.03. The van der Waals surface area contributed by atoms with Crippen LogP contribution >= 0.6 is 0 Å². The van der Waals surface area contributed by atoms with E-state index in [9.17, 15) is 9.59 Å². The van der Waals surface area contributed by atoms with Gasteiger partial charge in [-0.25, -0.2) is 0 Å². The Morgan fingerprint density at radius 1 is 0.342 bits per heavy atom. The van der Waals surface area contributed by atoms with E-state index in [0.29, 0.717) is 12.8 Å². The minimum absolute atomic E-state index is 0.0666. The van der Waals surface area contributed by atoms with Crippen LogP contribution in [0.15, 0.2) is 0 Å². The molecule has 0 aromatic rings. The molecule has 4 heteroatoms. The first-order valence-electron chi connectivity index (χ1n) is 16.8. The normalized spacial score (nSPS) is 10.6. The van der Waals surface area contributed by atoms with Gasteiger partial charge in [0.2, 0.25) is 0 Å². The highest BCUT2D eigenvalue weighted by atomic mass is 16.5. The molecule has 0 unspecified atom stereocenters. The van der Waals surface area contributed by atoms with Gasteiger partial charge in [-0.2, -0.15) is 0 Å². The largest absolute Gasteiger partial charge is 0.469 e. The van der Waals surface area contributed by atoms with Gasteiger partial charge in [-0.05, 0) is 12.8 Å². The summed E-state index contributed by atoms with van der Waals surface area (Å²) < 4.78 is 9.24. The van der Waals surface area contributed by atoms with Gasteiger partial charge in [-0.3, -0.25) is 9.59 Å². The van der Waals surface area contributed by atoms with Crippen molar-refractivity contribution in [2.45, 2.75) is 194 Å². The topological polar surface area (TPSA) is 52.6 Å². The van der Waals surface area contributed by atoms with Gasteiger partial charge in [-0.15, -0.1) is 0 Å². The summed E-state index contributed by atoms with van der Waals surface area (Å²) in [6, 6.07) is 0. The van der Waals surface area contributed by atoms with Crippen LogP contribution in [0.2, 0.25) is 0 Å². The molecule has 0 aliphatic rings. The molecular weight excluding hydrogens is 472 g/mol. The minimum atomic E-state index is -0.0666. The summed E-state index contributed by atoms with van der Waals surface area (Å²) in [5.74, 6) is -0.133. The van der Waals surface area contributed by atoms with Crippen molar-refractivity contribution in [3.05, 3.63) is 0 Å². The van der Waals surface area contributed by atoms with E-state index in [0.717, 1.165) is 12.8 Å². The Balaban J connectivity index is 0. The molecule has 228 valence electrons. The van der Waals surface area contributed by atoms with Crippen LogP contribution < -0.4 is 0 Å². The smallest absolute Gasteiger partial charge is 0.305 e. The summed E-state index contributed by atoms with van der Waals surface area (Å²) in [7, 11) is 2.93. The first-order valence-corrected chi connectivity index (χ1v) is 16.8. The Morgan fingerprint density at radius 3 is 0.711 bits per heavy atom. The second-order valence-electron chi connectivity index (χ2n) is 11.1. The van der Waals surface area contributed by atoms with Crippen molar-refractivity contribution in [1.82, 2.24) is 0 Å². The third kappa shape index (κ3) is 37.1. The third-order valence-corrected chi connectivity index (χ3v) is 7.42. The molecule has 0 heterocycles. The molecule has 0 aliphatic heterocycles. The van der Waals surface area contributed by atoms with E-state index < -0.39 is 0 Å². The maximum Gasteiger partial charge on any atom is 0.305 e. The van der Waals surface area contributed by atoms with Gasteiger partial charge < -0.3 is 9.47 Å². The van der Waals surface area contributed by atoms with Crippen LogP contribution in [-0.2, 0) is 19.1 Å². The van der Waals surface area contributed by atoms with Crippen molar-refractivity contribution in [1.29, 1.82) is 0 Å². The van der Waals surface area contributed by atoms with Gasteiger partial charge in [0, 0.05) is 12.8 Å². The predicted molar refractivity (Wildman–Crippen MR) is 165 cm³/mol. The average Bonchev–Trinajstić information content (AvgIpc) is 2.93. The first kappa shape index (κ1) is 39.1. The molecule has 0 bridgehead atoms. The Morgan fingerprint density at radius 2 is 0.526 bits per heavy atom. The van der Waals surface area contributed by atoms with Gasteiger partial charge in [-0.1, -0.05) is 168 Å². The van der Waals surface area contributed by atoms with Crippen LogP contribution in [0.3, 0.4) is 0 Å². The summed E-state index contributed by atoms with van der Waals surface area (Å²) in [6.45, 7) is 4.54. The summed E-state index contributed by atoms with van der Waals surface area (Å²) in [6.07, 6.45) is 36.0. The summed E-state index contributed by atoms with van der Waals surface area (Å²) >= 11 is 0. The molecule has 0 aromatic carbocycles. The van der Waals surface area contributed by atoms with Crippen LogP contribution in [0.5, 0.6) is 0 Å². The van der Waals surface area contributed by atoms with Gasteiger partial charge >= 0.3 is 11.9 Å². The highest BCUT2D eigenvalue weighted by Gasteiger charge is 2.00. The number of rotatable bonds is 28. The lowest BCUT2D eigenvalue weighted by molar-refractivity contribution is -0.141. The Labute approximate surface area is 238 Å². The van der Waals surface area contributed by atoms with Crippen LogP contribution in [-0.4, -0.2) is 26.2 Å². The zero-order chi connectivity index (χ0) is 28.4. The van der Waals surface area contributed by atoms with Crippen LogP contribution in [0.4, 0.5) is 0 Å². The fraction of sp³-hybridized carbons (Fsp3) is 0.941. The molecule has 0 atom stereocenters. The second-order valence-corrected chi connectivity index (χ2v) is 11.1. The Hall–Kier alpha value is -1.06. The zero-order valence-corrected chi connectivity index (χ0v) is 26.4. The monoisotopic (exact) mass is 541 g/mol. The van der Waals surface area contributed by atoms with Crippen LogP contribution in [0.1, 0.15) is 194 Å². The molecule has 0 fully saturated rings. The maximum absolute atomic E-state index is 10.9. The SMILES string of the molecule is CCCCCCCCCCCCCCCC(=O)OC.CCCCCCCCCCCCCCCC(=O)OC. The predicted octanol–water partition coefficient (Wildman–Crippen LogP) is 11.3. The number of carbonyl (C=O) groups excluding carboxylic acids is 2. The van der Waals surface area contributed by atoms with Crippen molar-refractivity contribution in [3.63, 3.8) is 0 Å². The minimum Gasteiger partial charge on any atom is -0.469 e. The number of ether oxygens (including phenoxy) is 2. The van der Waals surface area contributed by atoms with Gasteiger partial charge in [0.1, 0.15) is 0 Å². The first-order chi connectivity index (χ1) is 18.6. The van der Waals surface area contributed by atoms with Gasteiger partial charge in [0.15, 0.2) is 0 Å². The number of hydrogen-bond acceptors (Lipinski definition) is 4. The number of hydrogen-bond donors (Lipinski definition) is 0. The van der Waals surface area contributed by atoms with E-state index in [1.807, 2.05) is 0 Å². The molecule has 0 radical (unpaired) electrons. The summed E-state index contributed by atoms with van der Waals surface area (Å²) in [4.78, 5) is 21.8. The summed E-state index contributed by atoms with van der Waals surface area (Å²) in [5.41, 5.74) is 0. The molecule has 0 N–H and O–H groups in total. The molecule has 0 saturated carbocycles. The zero-order valence-electron chi connectivity index (χ0n) is 26.4. The molecular formula is C34H68O4. The Bertz CT molecular complexity index is 421. The number of methoxy groups -OCH3 is 2. The van der Waals surface area contributed by atoms with E-state index in [-0.39, 0.29) is 11.9 Å². The molecule has 0 saturated heterocycles. The fourth-order valence-electron chi connectivity index (χ4n) is 4.78. The molecule has 0 aromatic heterocycles. The molecule has 0 rings (SSSR count). The molecule has 0 amide bonds. The van der Waals surface area contributed by atoms with Crippen molar-refractivity contribution in [3.8, 4) is 0 Å². The highest BCUT2D eigenvalue weighted by Crippen LogP contribution is 2.14. The quantitative estimate of drug-likeness (QED) is 0.0731. The maximum atomic E-state index is 10.9. The van der Waals surface area contributed by atoms with Crippen LogP contribution in [0.25, 0.3) is 0 Å². The molecule has 0 spiro atoms. The highest BCUT2D eigenvalue weighted by molar-refractivity contribution is 5.69. The lowest BCUT2D eigenvalue weighted by atomic mass is 10.0. The van der Waals surface area contributed by atoms with Gasteiger partial charge in [0.25, 0.3) is 0 Å². The number of esters is 2. The van der Waals surface area contributed by atoms with Gasteiger partial charge in [0.05, 0.1) is 14.2 Å². The van der Waals surface area contributed by atoms with E-state index in [1.54, 1.807) is 0 Å². The molecule has 0 aliphatic carbocycles. The number of unbranched alkanes of at least 4 members (excludes halogenated alkanes) is 24. The van der Waals surface area contributed by atoms with E-state index >= 15 is 0 Å². The molecule has 4 nitrogen and oxygen atoms in total. The number of carbonyl (C=O) groups is 2. The molecule has 38 heavy (non-hydrogen) atoms.